The Kier molecular flexibility index (Phi) is 22.2. The van der Waals surface area contributed by atoms with Crippen LogP contribution in [0.1, 0.15) is 51.8 Å². The van der Waals surface area contributed by atoms with E-state index in [0.29, 0.717) is 26.4 Å². The molecule has 0 amide bonds. The standard InChI is InChI=1S/C66H72O11/c1-2-3-25-40-68-65-63(73-46-55-36-21-9-22-37-55)62(72-45-54-34-19-8-20-35-54)60(70-43-52-30-15-6-16-31-52)58(77-65)49-75-66-64(74-47-56-38-23-10-24-39-56)61(71-44-53-32-17-7-18-33-53)59(69-42-51-28-13-5-14-29-51)57(76-66)48-67-41-50-26-11-4-12-27-50/h2,4-24,26-39,57-66H,1,3,25,40-49H2/t57-,58-,59-,60-,61+,62+,63-,64+,65-,66+/m1/s1. The molecular weight excluding hydrogens is 969 g/mol. The molecule has 0 bridgehead atoms. The van der Waals surface area contributed by atoms with Gasteiger partial charge in [-0.25, -0.2) is 0 Å². The van der Waals surface area contributed by atoms with Crippen molar-refractivity contribution in [2.75, 3.05) is 19.8 Å². The molecule has 11 nitrogen and oxygen atoms in total. The Hall–Kier alpha value is -6.16. The lowest BCUT2D eigenvalue weighted by atomic mass is 9.96. The molecule has 11 heteroatoms. The third-order valence-corrected chi connectivity index (χ3v) is 13.5. The van der Waals surface area contributed by atoms with Crippen molar-refractivity contribution in [2.24, 2.45) is 0 Å². The summed E-state index contributed by atoms with van der Waals surface area (Å²) in [5.74, 6) is 0. The van der Waals surface area contributed by atoms with Crippen LogP contribution in [0.2, 0.25) is 0 Å². The van der Waals surface area contributed by atoms with Crippen LogP contribution in [0.4, 0.5) is 0 Å². The van der Waals surface area contributed by atoms with Gasteiger partial charge in [0, 0.05) is 0 Å². The molecule has 0 spiro atoms. The van der Waals surface area contributed by atoms with E-state index >= 15 is 0 Å². The van der Waals surface area contributed by atoms with Gasteiger partial charge in [0.25, 0.3) is 0 Å². The van der Waals surface area contributed by atoms with Crippen molar-refractivity contribution in [3.8, 4) is 0 Å². The minimum absolute atomic E-state index is 0.0169. The van der Waals surface area contributed by atoms with Crippen LogP contribution in [0.3, 0.4) is 0 Å². The number of hydrogen-bond acceptors (Lipinski definition) is 11. The molecule has 0 N–H and O–H groups in total. The average molecular weight is 1040 g/mol. The summed E-state index contributed by atoms with van der Waals surface area (Å²) in [6.45, 7) is 6.54. The van der Waals surface area contributed by atoms with Gasteiger partial charge in [-0.3, -0.25) is 0 Å². The van der Waals surface area contributed by atoms with Crippen LogP contribution in [0.5, 0.6) is 0 Å². The van der Waals surface area contributed by atoms with Crippen molar-refractivity contribution in [1.82, 2.24) is 0 Å². The van der Waals surface area contributed by atoms with Crippen LogP contribution >= 0.6 is 0 Å². The lowest BCUT2D eigenvalue weighted by Gasteiger charge is -2.48. The zero-order valence-electron chi connectivity index (χ0n) is 43.7. The number of rotatable bonds is 30. The minimum atomic E-state index is -1.01. The molecule has 2 heterocycles. The highest BCUT2D eigenvalue weighted by atomic mass is 16.8. The summed E-state index contributed by atoms with van der Waals surface area (Å²) >= 11 is 0. The zero-order chi connectivity index (χ0) is 52.5. The molecule has 9 rings (SSSR count). The molecule has 0 aliphatic carbocycles. The number of benzene rings is 7. The molecule has 7 aromatic carbocycles. The monoisotopic (exact) mass is 1040 g/mol. The SMILES string of the molecule is C=CCCCO[C@@H]1O[C@H](CO[C@H]2O[C@H](COCc3ccccc3)[C@@H](OCc3ccccc3)[C@H](OCc3ccccc3)[C@@H]2OCc2ccccc2)[C@@H](OCc2ccccc2)[C@H](OCc2ccccc2)[C@H]1OCc1ccccc1. The maximum atomic E-state index is 7.15. The lowest BCUT2D eigenvalue weighted by molar-refractivity contribution is -0.353. The molecule has 2 fully saturated rings. The highest BCUT2D eigenvalue weighted by Crippen LogP contribution is 2.35. The van der Waals surface area contributed by atoms with E-state index in [9.17, 15) is 0 Å². The van der Waals surface area contributed by atoms with E-state index in [0.717, 1.165) is 51.8 Å². The summed E-state index contributed by atoms with van der Waals surface area (Å²) in [6, 6.07) is 70.6. The van der Waals surface area contributed by atoms with Crippen molar-refractivity contribution in [2.45, 2.75) is 121 Å². The van der Waals surface area contributed by atoms with E-state index in [4.69, 9.17) is 52.1 Å². The van der Waals surface area contributed by atoms with Crippen LogP contribution in [0.25, 0.3) is 0 Å². The predicted molar refractivity (Wildman–Crippen MR) is 295 cm³/mol. The Labute approximate surface area is 454 Å². The molecule has 0 unspecified atom stereocenters. The first-order valence-electron chi connectivity index (χ1n) is 26.9. The Morgan fingerprint density at radius 1 is 0.312 bits per heavy atom. The molecule has 7 aromatic rings. The Bertz CT molecular complexity index is 2670. The summed E-state index contributed by atoms with van der Waals surface area (Å²) < 4.78 is 76.6. The van der Waals surface area contributed by atoms with Gasteiger partial charge < -0.3 is 52.1 Å². The average Bonchev–Trinajstić information content (AvgIpc) is 3.50. The molecule has 402 valence electrons. The van der Waals surface area contributed by atoms with E-state index < -0.39 is 61.4 Å². The molecule has 2 aliphatic rings. The van der Waals surface area contributed by atoms with Gasteiger partial charge in [0.15, 0.2) is 12.6 Å². The summed E-state index contributed by atoms with van der Waals surface area (Å²) in [7, 11) is 0. The van der Waals surface area contributed by atoms with Gasteiger partial charge in [-0.2, -0.15) is 0 Å². The molecule has 0 radical (unpaired) electrons. The van der Waals surface area contributed by atoms with Crippen molar-refractivity contribution < 1.29 is 52.1 Å². The maximum absolute atomic E-state index is 7.15. The van der Waals surface area contributed by atoms with Crippen LogP contribution in [0, 0.1) is 0 Å². The summed E-state index contributed by atoms with van der Waals surface area (Å²) in [5, 5.41) is 0. The molecule has 2 saturated heterocycles. The van der Waals surface area contributed by atoms with Crippen molar-refractivity contribution in [3.05, 3.63) is 264 Å². The van der Waals surface area contributed by atoms with E-state index in [-0.39, 0.29) is 39.6 Å². The highest BCUT2D eigenvalue weighted by molar-refractivity contribution is 5.19. The maximum Gasteiger partial charge on any atom is 0.187 e. The second-order valence-electron chi connectivity index (χ2n) is 19.3. The van der Waals surface area contributed by atoms with Gasteiger partial charge in [-0.15, -0.1) is 6.58 Å². The molecule has 77 heavy (non-hydrogen) atoms. The number of ether oxygens (including phenoxy) is 11. The first-order chi connectivity index (χ1) is 38.2. The van der Waals surface area contributed by atoms with Gasteiger partial charge in [-0.1, -0.05) is 218 Å². The van der Waals surface area contributed by atoms with Gasteiger partial charge in [0.2, 0.25) is 0 Å². The smallest absolute Gasteiger partial charge is 0.187 e. The van der Waals surface area contributed by atoms with Crippen molar-refractivity contribution >= 4 is 0 Å². The van der Waals surface area contributed by atoms with E-state index in [2.05, 4.69) is 6.58 Å². The van der Waals surface area contributed by atoms with Crippen LogP contribution in [-0.4, -0.2) is 81.2 Å². The van der Waals surface area contributed by atoms with Crippen molar-refractivity contribution in [1.29, 1.82) is 0 Å². The lowest BCUT2D eigenvalue weighted by Crippen LogP contribution is -2.64. The molecule has 2 aliphatic heterocycles. The largest absolute Gasteiger partial charge is 0.374 e. The van der Waals surface area contributed by atoms with Crippen molar-refractivity contribution in [3.63, 3.8) is 0 Å². The Morgan fingerprint density at radius 3 is 0.935 bits per heavy atom. The van der Waals surface area contributed by atoms with Gasteiger partial charge >= 0.3 is 0 Å². The van der Waals surface area contributed by atoms with E-state index in [1.807, 2.05) is 218 Å². The topological polar surface area (TPSA) is 102 Å². The number of allylic oxidation sites excluding steroid dienone is 1. The highest BCUT2D eigenvalue weighted by Gasteiger charge is 2.52. The quantitative estimate of drug-likeness (QED) is 0.0318. The molecule has 10 atom stereocenters. The van der Waals surface area contributed by atoms with E-state index in [1.54, 1.807) is 0 Å². The zero-order valence-corrected chi connectivity index (χ0v) is 43.7. The fourth-order valence-electron chi connectivity index (χ4n) is 9.51. The number of unbranched alkanes of at least 4 members (excludes halogenated alkanes) is 1. The minimum Gasteiger partial charge on any atom is -0.374 e. The second kappa shape index (κ2) is 30.7. The normalized spacial score (nSPS) is 23.3. The summed E-state index contributed by atoms with van der Waals surface area (Å²) in [5.41, 5.74) is 7.00. The Morgan fingerprint density at radius 2 is 0.597 bits per heavy atom. The third kappa shape index (κ3) is 17.2. The Balaban J connectivity index is 1.07. The summed E-state index contributed by atoms with van der Waals surface area (Å²) in [6.07, 6.45) is -4.21. The fourth-order valence-corrected chi connectivity index (χ4v) is 9.51. The van der Waals surface area contributed by atoms with Crippen LogP contribution < -0.4 is 0 Å². The first kappa shape index (κ1) is 55.6. The van der Waals surface area contributed by atoms with E-state index in [1.165, 1.54) is 0 Å². The predicted octanol–water partition coefficient (Wildman–Crippen LogP) is 12.2. The second-order valence-corrected chi connectivity index (χ2v) is 19.3. The van der Waals surface area contributed by atoms with Gasteiger partial charge in [0.1, 0.15) is 48.8 Å². The fraction of sp³-hybridized carbons (Fsp3) is 0.333. The summed E-state index contributed by atoms with van der Waals surface area (Å²) in [4.78, 5) is 0. The molecule has 0 saturated carbocycles. The number of hydrogen-bond donors (Lipinski definition) is 0. The van der Waals surface area contributed by atoms with Gasteiger partial charge in [-0.05, 0) is 51.8 Å². The van der Waals surface area contributed by atoms with Crippen LogP contribution in [0.15, 0.2) is 225 Å². The third-order valence-electron chi connectivity index (χ3n) is 13.5. The molecular formula is C66H72O11. The first-order valence-corrected chi connectivity index (χ1v) is 26.9. The molecule has 0 aromatic heterocycles. The van der Waals surface area contributed by atoms with Gasteiger partial charge in [0.05, 0.1) is 66.1 Å². The van der Waals surface area contributed by atoms with Crippen LogP contribution in [-0.2, 0) is 98.4 Å².